The smallest absolute Gasteiger partial charge is 0.157 e. The number of fused-ring (bicyclic) bond motifs is 5. The Morgan fingerprint density at radius 1 is 1.13 bits per heavy atom. The molecule has 0 aromatic heterocycles. The molecule has 0 saturated carbocycles. The third-order valence-electron chi connectivity index (χ3n) is 5.65. The van der Waals surface area contributed by atoms with Gasteiger partial charge in [-0.1, -0.05) is 38.5 Å². The van der Waals surface area contributed by atoms with Crippen molar-refractivity contribution in [3.05, 3.63) is 46.6 Å². The minimum Gasteiger partial charge on any atom is -0.504 e. The molecule has 0 spiro atoms. The first kappa shape index (κ1) is 14.8. The van der Waals surface area contributed by atoms with E-state index in [1.54, 1.807) is 12.1 Å². The lowest BCUT2D eigenvalue weighted by atomic mass is 9.70. The second-order valence-corrected chi connectivity index (χ2v) is 8.19. The van der Waals surface area contributed by atoms with Gasteiger partial charge >= 0.3 is 0 Å². The number of piperidine rings is 1. The van der Waals surface area contributed by atoms with Crippen LogP contribution in [0.2, 0.25) is 0 Å². The molecule has 1 unspecified atom stereocenters. The number of nitrogens with one attached hydrogen (secondary N) is 1. The van der Waals surface area contributed by atoms with Gasteiger partial charge in [0.05, 0.1) is 0 Å². The van der Waals surface area contributed by atoms with Crippen LogP contribution in [0, 0.1) is 11.3 Å². The molecule has 1 fully saturated rings. The molecule has 3 aliphatic rings. The Labute approximate surface area is 137 Å². The molecule has 3 N–H and O–H groups in total. The number of aryl methyl sites for hydroxylation is 1. The van der Waals surface area contributed by atoms with Gasteiger partial charge in [-0.3, -0.25) is 0 Å². The summed E-state index contributed by atoms with van der Waals surface area (Å²) in [5.74, 6) is 0.748. The van der Waals surface area contributed by atoms with E-state index in [2.05, 4.69) is 38.2 Å². The summed E-state index contributed by atoms with van der Waals surface area (Å²) in [5.41, 5.74) is 5.41. The first-order valence-electron chi connectivity index (χ1n) is 8.56. The molecule has 0 amide bonds. The molecule has 3 nitrogen and oxygen atoms in total. The molecule has 1 aromatic carbocycles. The largest absolute Gasteiger partial charge is 0.504 e. The number of benzene rings is 1. The fourth-order valence-electron chi connectivity index (χ4n) is 4.36. The number of rotatable bonds is 0. The Kier molecular flexibility index (Phi) is 3.14. The average Bonchev–Trinajstić information content (AvgIpc) is 2.92. The number of allylic oxidation sites excluding steroid dienone is 2. The van der Waals surface area contributed by atoms with Crippen LogP contribution in [0.4, 0.5) is 0 Å². The van der Waals surface area contributed by atoms with E-state index in [0.29, 0.717) is 17.9 Å². The molecule has 4 rings (SSSR count). The molecule has 122 valence electrons. The molecule has 1 saturated heterocycles. The van der Waals surface area contributed by atoms with E-state index in [1.807, 2.05) is 0 Å². The van der Waals surface area contributed by atoms with Gasteiger partial charge in [-0.05, 0) is 47.1 Å². The highest BCUT2D eigenvalue weighted by molar-refractivity contribution is 5.54. The van der Waals surface area contributed by atoms with Crippen LogP contribution in [0.3, 0.4) is 0 Å². The zero-order chi connectivity index (χ0) is 16.4. The van der Waals surface area contributed by atoms with Crippen molar-refractivity contribution in [1.29, 1.82) is 0 Å². The quantitative estimate of drug-likeness (QED) is 0.641. The summed E-state index contributed by atoms with van der Waals surface area (Å²) >= 11 is 0. The van der Waals surface area contributed by atoms with Gasteiger partial charge in [0, 0.05) is 24.4 Å². The lowest BCUT2D eigenvalue weighted by Crippen LogP contribution is -2.46. The molecule has 0 bridgehead atoms. The molecule has 1 heterocycles. The Hall–Kier alpha value is -1.74. The van der Waals surface area contributed by atoms with Crippen molar-refractivity contribution < 1.29 is 10.2 Å². The molecule has 0 radical (unpaired) electrons. The maximum Gasteiger partial charge on any atom is 0.157 e. The highest BCUT2D eigenvalue weighted by Gasteiger charge is 2.41. The van der Waals surface area contributed by atoms with Crippen LogP contribution < -0.4 is 5.32 Å². The van der Waals surface area contributed by atoms with Gasteiger partial charge in [0.1, 0.15) is 0 Å². The highest BCUT2D eigenvalue weighted by Crippen LogP contribution is 2.49. The Morgan fingerprint density at radius 3 is 2.61 bits per heavy atom. The summed E-state index contributed by atoms with van der Waals surface area (Å²) < 4.78 is 0. The molecule has 3 atom stereocenters. The summed E-state index contributed by atoms with van der Waals surface area (Å²) in [4.78, 5) is 0. The van der Waals surface area contributed by atoms with E-state index < -0.39 is 0 Å². The van der Waals surface area contributed by atoms with E-state index in [-0.39, 0.29) is 16.9 Å². The van der Waals surface area contributed by atoms with Gasteiger partial charge in [0.25, 0.3) is 0 Å². The van der Waals surface area contributed by atoms with Gasteiger partial charge in [-0.2, -0.15) is 0 Å². The number of hydrogen-bond acceptors (Lipinski definition) is 3. The van der Waals surface area contributed by atoms with Crippen molar-refractivity contribution in [1.82, 2.24) is 5.32 Å². The van der Waals surface area contributed by atoms with Crippen LogP contribution in [0.15, 0.2) is 35.4 Å². The standard InChI is InChI=1S/C20H25NO2/c1-20(2,3)13-6-12-10-21-16-5-4-11-7-17(22)18(23)9-15(11)19(16)14(12)8-13/h6-9,12,16,19,21-23H,4-5,10H2,1-3H3/t12-,16?,19-/m0/s1. The van der Waals surface area contributed by atoms with Crippen LogP contribution in [0.5, 0.6) is 11.5 Å². The van der Waals surface area contributed by atoms with E-state index in [9.17, 15) is 10.2 Å². The first-order chi connectivity index (χ1) is 10.8. The second-order valence-electron chi connectivity index (χ2n) is 8.19. The van der Waals surface area contributed by atoms with Gasteiger partial charge in [-0.25, -0.2) is 0 Å². The second kappa shape index (κ2) is 4.88. The van der Waals surface area contributed by atoms with Gasteiger partial charge in [0.2, 0.25) is 0 Å². The Morgan fingerprint density at radius 2 is 1.87 bits per heavy atom. The maximum absolute atomic E-state index is 9.98. The van der Waals surface area contributed by atoms with E-state index in [0.717, 1.165) is 19.4 Å². The molecule has 1 aromatic rings. The van der Waals surface area contributed by atoms with E-state index >= 15 is 0 Å². The zero-order valence-corrected chi connectivity index (χ0v) is 14.1. The van der Waals surface area contributed by atoms with Crippen molar-refractivity contribution in [2.24, 2.45) is 11.3 Å². The number of phenolic OH excluding ortho intramolecular Hbond substituents is 2. The number of hydrogen-bond donors (Lipinski definition) is 3. The SMILES string of the molecule is CC(C)(C)C1=C[C@H]2CNC3CCc4cc(O)c(O)cc4[C@@H]3C2=C1. The van der Waals surface area contributed by atoms with Gasteiger partial charge < -0.3 is 15.5 Å². The predicted octanol–water partition coefficient (Wildman–Crippen LogP) is 3.63. The Bertz CT molecular complexity index is 724. The van der Waals surface area contributed by atoms with Gasteiger partial charge in [0.15, 0.2) is 11.5 Å². The van der Waals surface area contributed by atoms with Crippen LogP contribution >= 0.6 is 0 Å². The summed E-state index contributed by atoms with van der Waals surface area (Å²) in [6.45, 7) is 7.79. The van der Waals surface area contributed by atoms with Crippen LogP contribution in [0.25, 0.3) is 0 Å². The third-order valence-corrected chi connectivity index (χ3v) is 5.65. The topological polar surface area (TPSA) is 52.5 Å². The third kappa shape index (κ3) is 2.29. The minimum atomic E-state index is -0.00544. The molecular weight excluding hydrogens is 286 g/mol. The molecule has 23 heavy (non-hydrogen) atoms. The van der Waals surface area contributed by atoms with Crippen LogP contribution in [-0.4, -0.2) is 22.8 Å². The fraction of sp³-hybridized carbons (Fsp3) is 0.500. The lowest BCUT2D eigenvalue weighted by Gasteiger charge is -2.42. The predicted molar refractivity (Wildman–Crippen MR) is 91.7 cm³/mol. The fourth-order valence-corrected chi connectivity index (χ4v) is 4.36. The monoisotopic (exact) mass is 311 g/mol. The molecule has 2 aliphatic carbocycles. The van der Waals surface area contributed by atoms with Crippen LogP contribution in [0.1, 0.15) is 44.2 Å². The normalized spacial score (nSPS) is 29.3. The zero-order valence-electron chi connectivity index (χ0n) is 14.1. The van der Waals surface area contributed by atoms with Crippen molar-refractivity contribution in [3.63, 3.8) is 0 Å². The van der Waals surface area contributed by atoms with Crippen molar-refractivity contribution >= 4 is 0 Å². The summed E-state index contributed by atoms with van der Waals surface area (Å²) in [7, 11) is 0. The number of phenols is 2. The molecular formula is C20H25NO2. The molecule has 1 aliphatic heterocycles. The van der Waals surface area contributed by atoms with E-state index in [4.69, 9.17) is 0 Å². The van der Waals surface area contributed by atoms with Crippen LogP contribution in [-0.2, 0) is 6.42 Å². The Balaban J connectivity index is 1.80. The van der Waals surface area contributed by atoms with Crippen molar-refractivity contribution in [2.45, 2.75) is 45.6 Å². The summed E-state index contributed by atoms with van der Waals surface area (Å²) in [5, 5.41) is 23.5. The molecule has 3 heteroatoms. The van der Waals surface area contributed by atoms with Crippen molar-refractivity contribution in [2.75, 3.05) is 6.54 Å². The average molecular weight is 311 g/mol. The highest BCUT2D eigenvalue weighted by atomic mass is 16.3. The lowest BCUT2D eigenvalue weighted by molar-refractivity contribution is 0.346. The maximum atomic E-state index is 9.98. The summed E-state index contributed by atoms with van der Waals surface area (Å²) in [6.07, 6.45) is 6.83. The van der Waals surface area contributed by atoms with E-state index in [1.165, 1.54) is 22.3 Å². The summed E-state index contributed by atoms with van der Waals surface area (Å²) in [6, 6.07) is 3.96. The number of aromatic hydroxyl groups is 2. The van der Waals surface area contributed by atoms with Crippen molar-refractivity contribution in [3.8, 4) is 11.5 Å². The van der Waals surface area contributed by atoms with Gasteiger partial charge in [-0.15, -0.1) is 0 Å². The minimum absolute atomic E-state index is 0.00331. The first-order valence-corrected chi connectivity index (χ1v) is 8.56.